The third kappa shape index (κ3) is 0.781. The minimum absolute atomic E-state index is 0.271. The molecule has 0 amide bonds. The second kappa shape index (κ2) is 2.66. The maximum Gasteiger partial charge on any atom is 0.134 e. The molecule has 6 nitrogen and oxygen atoms in total. The van der Waals surface area contributed by atoms with E-state index in [1.165, 1.54) is 0 Å². The lowest BCUT2D eigenvalue weighted by Crippen LogP contribution is -2.60. The van der Waals surface area contributed by atoms with E-state index in [2.05, 4.69) is 0 Å². The van der Waals surface area contributed by atoms with Crippen molar-refractivity contribution in [1.82, 2.24) is 0 Å². The summed E-state index contributed by atoms with van der Waals surface area (Å²) in [6.45, 7) is -0.998. The fraction of sp³-hybridized carbons (Fsp3) is 1.00. The van der Waals surface area contributed by atoms with E-state index in [0.29, 0.717) is 0 Å². The van der Waals surface area contributed by atoms with E-state index in [-0.39, 0.29) is 6.61 Å². The molecule has 0 aromatic heterocycles. The molecule has 14 heavy (non-hydrogen) atoms. The van der Waals surface area contributed by atoms with Gasteiger partial charge in [0.2, 0.25) is 0 Å². The van der Waals surface area contributed by atoms with Gasteiger partial charge in [0.15, 0.2) is 0 Å². The minimum atomic E-state index is -1.91. The molecular weight excluding hydrogens is 190 g/mol. The number of hydrogen-bond acceptors (Lipinski definition) is 6. The van der Waals surface area contributed by atoms with E-state index < -0.39 is 41.8 Å². The van der Waals surface area contributed by atoms with Crippen LogP contribution >= 0.6 is 0 Å². The lowest BCUT2D eigenvalue weighted by Gasteiger charge is -2.34. The average Bonchev–Trinajstić information content (AvgIpc) is 2.77. The summed E-state index contributed by atoms with van der Waals surface area (Å²) < 4.78 is 0. The Hall–Kier alpha value is -0.240. The fourth-order valence-electron chi connectivity index (χ4n) is 2.87. The Bertz CT molecular complexity index is 260. The monoisotopic (exact) mass is 205 g/mol. The van der Waals surface area contributed by atoms with Crippen molar-refractivity contribution in [1.29, 1.82) is 0 Å². The van der Waals surface area contributed by atoms with Gasteiger partial charge in [-0.1, -0.05) is 0 Å². The number of hydrogen-bond donors (Lipinski definition) is 6. The minimum Gasteiger partial charge on any atom is -0.396 e. The van der Waals surface area contributed by atoms with Gasteiger partial charge in [0.1, 0.15) is 11.7 Å². The van der Waals surface area contributed by atoms with Crippen LogP contribution in [-0.2, 0) is 0 Å². The van der Waals surface area contributed by atoms with Crippen LogP contribution in [0.1, 0.15) is 0 Å². The van der Waals surface area contributed by atoms with E-state index in [4.69, 9.17) is 15.9 Å². The number of rotatable bonds is 2. The van der Waals surface area contributed by atoms with Gasteiger partial charge in [-0.25, -0.2) is 0 Å². The fourth-order valence-corrected chi connectivity index (χ4v) is 2.87. The molecule has 7 N–H and O–H groups in total. The summed E-state index contributed by atoms with van der Waals surface area (Å²) in [5, 5.41) is 46.9. The summed E-state index contributed by atoms with van der Waals surface area (Å²) in [6, 6.07) is 0. The van der Waals surface area contributed by atoms with E-state index in [1.54, 1.807) is 0 Å². The Labute approximate surface area is 80.6 Å². The SMILES string of the molecule is N[C@]12[C@H]([C@H](O)[C@H](O)[C@@]1(O)CO)[C@H]2CO. The topological polar surface area (TPSA) is 127 Å². The molecule has 0 bridgehead atoms. The number of fused-ring (bicyclic) bond motifs is 1. The van der Waals surface area contributed by atoms with Gasteiger partial charge in [0.25, 0.3) is 0 Å². The quantitative estimate of drug-likeness (QED) is 0.276. The van der Waals surface area contributed by atoms with Crippen LogP contribution in [0.2, 0.25) is 0 Å². The van der Waals surface area contributed by atoms with Crippen LogP contribution in [0, 0.1) is 11.8 Å². The van der Waals surface area contributed by atoms with Crippen LogP contribution in [0.5, 0.6) is 0 Å². The van der Waals surface area contributed by atoms with Crippen LogP contribution < -0.4 is 5.73 Å². The zero-order valence-electron chi connectivity index (χ0n) is 7.54. The molecule has 0 aromatic rings. The standard InChI is InChI=1S/C8H15NO5/c9-8-3(1-10)4(8)5(12)6(13)7(8,14)2-11/h3-6,10-14H,1-2,9H2/t3-,4+,5+,6+,7+,8-/m1/s1. The van der Waals surface area contributed by atoms with Crippen molar-refractivity contribution in [2.24, 2.45) is 17.6 Å². The molecule has 2 rings (SSSR count). The normalized spacial score (nSPS) is 61.3. The first-order chi connectivity index (χ1) is 6.45. The highest BCUT2D eigenvalue weighted by Gasteiger charge is 2.82. The van der Waals surface area contributed by atoms with E-state index in [1.807, 2.05) is 0 Å². The third-order valence-electron chi connectivity index (χ3n) is 3.86. The van der Waals surface area contributed by atoms with Gasteiger partial charge in [-0.3, -0.25) is 0 Å². The summed E-state index contributed by atoms with van der Waals surface area (Å²) >= 11 is 0. The molecule has 0 heterocycles. The summed E-state index contributed by atoms with van der Waals surface area (Å²) in [6.07, 6.45) is -2.64. The molecule has 6 heteroatoms. The number of aliphatic hydroxyl groups excluding tert-OH is 4. The molecule has 0 spiro atoms. The van der Waals surface area contributed by atoms with Crippen molar-refractivity contribution in [2.45, 2.75) is 23.3 Å². The molecule has 2 fully saturated rings. The maximum absolute atomic E-state index is 9.91. The van der Waals surface area contributed by atoms with E-state index >= 15 is 0 Å². The predicted molar refractivity (Wildman–Crippen MR) is 45.0 cm³/mol. The van der Waals surface area contributed by atoms with Crippen molar-refractivity contribution in [3.05, 3.63) is 0 Å². The Morgan fingerprint density at radius 3 is 2.21 bits per heavy atom. The first-order valence-corrected chi connectivity index (χ1v) is 4.54. The van der Waals surface area contributed by atoms with Gasteiger partial charge in [-0.2, -0.15) is 0 Å². The lowest BCUT2D eigenvalue weighted by atomic mass is 9.88. The van der Waals surface area contributed by atoms with Crippen molar-refractivity contribution in [2.75, 3.05) is 13.2 Å². The molecule has 2 aliphatic rings. The van der Waals surface area contributed by atoms with Crippen molar-refractivity contribution >= 4 is 0 Å². The van der Waals surface area contributed by atoms with Crippen molar-refractivity contribution < 1.29 is 25.5 Å². The summed E-state index contributed by atoms with van der Waals surface area (Å²) in [7, 11) is 0. The van der Waals surface area contributed by atoms with Crippen molar-refractivity contribution in [3.8, 4) is 0 Å². The first-order valence-electron chi connectivity index (χ1n) is 4.54. The maximum atomic E-state index is 9.91. The van der Waals surface area contributed by atoms with E-state index in [9.17, 15) is 15.3 Å². The molecule has 2 aliphatic carbocycles. The Balaban J connectivity index is 2.34. The van der Waals surface area contributed by atoms with Gasteiger partial charge in [-0.15, -0.1) is 0 Å². The second-order valence-corrected chi connectivity index (χ2v) is 4.27. The van der Waals surface area contributed by atoms with Crippen LogP contribution in [0.25, 0.3) is 0 Å². The predicted octanol–water partition coefficient (Wildman–Crippen LogP) is -3.62. The number of aliphatic hydroxyl groups is 5. The van der Waals surface area contributed by atoms with Crippen LogP contribution in [0.15, 0.2) is 0 Å². The molecule has 0 radical (unpaired) electrons. The number of nitrogens with two attached hydrogens (primary N) is 1. The van der Waals surface area contributed by atoms with E-state index in [0.717, 1.165) is 0 Å². The summed E-state index contributed by atoms with van der Waals surface area (Å²) in [5.41, 5.74) is 2.61. The van der Waals surface area contributed by atoms with Crippen LogP contribution in [0.4, 0.5) is 0 Å². The third-order valence-corrected chi connectivity index (χ3v) is 3.86. The molecule has 0 unspecified atom stereocenters. The zero-order chi connectivity index (χ0) is 10.7. The Morgan fingerprint density at radius 2 is 1.79 bits per heavy atom. The van der Waals surface area contributed by atoms with Gasteiger partial charge in [0.05, 0.1) is 18.2 Å². The largest absolute Gasteiger partial charge is 0.396 e. The summed E-state index contributed by atoms with van der Waals surface area (Å²) in [4.78, 5) is 0. The highest BCUT2D eigenvalue weighted by Crippen LogP contribution is 2.63. The molecule has 6 atom stereocenters. The molecule has 82 valence electrons. The zero-order valence-corrected chi connectivity index (χ0v) is 7.54. The van der Waals surface area contributed by atoms with Gasteiger partial charge < -0.3 is 31.3 Å². The molecule has 0 saturated heterocycles. The molecule has 0 aliphatic heterocycles. The van der Waals surface area contributed by atoms with Crippen molar-refractivity contribution in [3.63, 3.8) is 0 Å². The highest BCUT2D eigenvalue weighted by molar-refractivity contribution is 5.35. The smallest absolute Gasteiger partial charge is 0.134 e. The average molecular weight is 205 g/mol. The van der Waals surface area contributed by atoms with Gasteiger partial charge in [0, 0.05) is 18.4 Å². The van der Waals surface area contributed by atoms with Gasteiger partial charge in [-0.05, 0) is 0 Å². The lowest BCUT2D eigenvalue weighted by molar-refractivity contribution is -0.142. The molecule has 0 aromatic carbocycles. The highest BCUT2D eigenvalue weighted by atomic mass is 16.4. The first kappa shape index (κ1) is 10.3. The molecule has 2 saturated carbocycles. The Morgan fingerprint density at radius 1 is 1.21 bits per heavy atom. The summed E-state index contributed by atoms with van der Waals surface area (Å²) in [5.74, 6) is -1.00. The molecular formula is C8H15NO5. The van der Waals surface area contributed by atoms with Crippen LogP contribution in [0.3, 0.4) is 0 Å². The Kier molecular flexibility index (Phi) is 1.95. The second-order valence-electron chi connectivity index (χ2n) is 4.27. The van der Waals surface area contributed by atoms with Crippen LogP contribution in [-0.4, -0.2) is 62.1 Å². The van der Waals surface area contributed by atoms with Gasteiger partial charge >= 0.3 is 0 Å².